The number of alkyl halides is 1. The van der Waals surface area contributed by atoms with Crippen molar-refractivity contribution in [2.75, 3.05) is 19.6 Å². The summed E-state index contributed by atoms with van der Waals surface area (Å²) in [6.45, 7) is 8.59. The summed E-state index contributed by atoms with van der Waals surface area (Å²) in [4.78, 5) is 13.3. The molecule has 2 heterocycles. The third-order valence-electron chi connectivity index (χ3n) is 5.35. The van der Waals surface area contributed by atoms with Crippen molar-refractivity contribution in [3.8, 4) is 0 Å². The van der Waals surface area contributed by atoms with Crippen LogP contribution in [0.3, 0.4) is 0 Å². The Bertz CT molecular complexity index is 336. The first-order valence-electron chi connectivity index (χ1n) is 8.10. The van der Waals surface area contributed by atoms with Gasteiger partial charge >= 0.3 is 0 Å². The van der Waals surface area contributed by atoms with Crippen LogP contribution < -0.4 is 5.32 Å². The average Bonchev–Trinajstić information content (AvgIpc) is 3.04. The number of likely N-dealkylation sites (tertiary alicyclic amines) is 1. The van der Waals surface area contributed by atoms with E-state index in [1.54, 1.807) is 6.92 Å². The molecule has 5 unspecified atom stereocenters. The number of hydrogen-bond acceptors (Lipinski definition) is 2. The number of nitrogens with one attached hydrogen (secondary N) is 1. The second-order valence-electron chi connectivity index (χ2n) is 6.89. The van der Waals surface area contributed by atoms with Gasteiger partial charge in [-0.05, 0) is 37.0 Å². The quantitative estimate of drug-likeness (QED) is 0.841. The Morgan fingerprint density at radius 2 is 2.05 bits per heavy atom. The summed E-state index contributed by atoms with van der Waals surface area (Å²) in [5, 5.41) is 3.29. The van der Waals surface area contributed by atoms with E-state index in [0.29, 0.717) is 36.8 Å². The first-order chi connectivity index (χ1) is 9.47. The molecule has 4 heteroatoms. The molecular formula is C16H29FN2O. The molecule has 2 rings (SSSR count). The normalized spacial score (nSPS) is 33.4. The van der Waals surface area contributed by atoms with Gasteiger partial charge in [0.1, 0.15) is 6.17 Å². The standard InChI is InChI=1S/C16H29FN2O/c1-11(14-6-7-19(10-14)13(3)20)4-5-12(2)16-8-15(17)9-18-16/h11-12,14-16,18H,4-10H2,1-3H3. The summed E-state index contributed by atoms with van der Waals surface area (Å²) in [5.41, 5.74) is 0. The molecule has 2 fully saturated rings. The molecule has 0 aromatic rings. The van der Waals surface area contributed by atoms with E-state index >= 15 is 0 Å². The van der Waals surface area contributed by atoms with Gasteiger partial charge in [0, 0.05) is 32.6 Å². The van der Waals surface area contributed by atoms with Crippen LogP contribution in [0, 0.1) is 17.8 Å². The first kappa shape index (κ1) is 15.7. The molecule has 0 saturated carbocycles. The summed E-state index contributed by atoms with van der Waals surface area (Å²) >= 11 is 0. The van der Waals surface area contributed by atoms with E-state index in [4.69, 9.17) is 0 Å². The Balaban J connectivity index is 1.70. The van der Waals surface area contributed by atoms with Crippen molar-refractivity contribution in [1.82, 2.24) is 10.2 Å². The van der Waals surface area contributed by atoms with Crippen LogP contribution in [-0.4, -0.2) is 42.7 Å². The summed E-state index contributed by atoms with van der Waals surface area (Å²) in [7, 11) is 0. The molecule has 0 aliphatic carbocycles. The third-order valence-corrected chi connectivity index (χ3v) is 5.35. The predicted molar refractivity (Wildman–Crippen MR) is 79.2 cm³/mol. The van der Waals surface area contributed by atoms with Crippen molar-refractivity contribution in [2.24, 2.45) is 17.8 Å². The maximum atomic E-state index is 13.2. The molecule has 116 valence electrons. The van der Waals surface area contributed by atoms with Crippen molar-refractivity contribution < 1.29 is 9.18 Å². The van der Waals surface area contributed by atoms with Gasteiger partial charge in [0.2, 0.25) is 5.91 Å². The maximum Gasteiger partial charge on any atom is 0.219 e. The second-order valence-corrected chi connectivity index (χ2v) is 6.89. The lowest BCUT2D eigenvalue weighted by molar-refractivity contribution is -0.127. The zero-order valence-electron chi connectivity index (χ0n) is 13.1. The monoisotopic (exact) mass is 284 g/mol. The first-order valence-corrected chi connectivity index (χ1v) is 8.10. The number of nitrogens with zero attached hydrogens (tertiary/aromatic N) is 1. The number of rotatable bonds is 5. The minimum atomic E-state index is -0.654. The highest BCUT2D eigenvalue weighted by atomic mass is 19.1. The molecular weight excluding hydrogens is 255 g/mol. The van der Waals surface area contributed by atoms with Crippen LogP contribution in [0.2, 0.25) is 0 Å². The minimum Gasteiger partial charge on any atom is -0.343 e. The Morgan fingerprint density at radius 3 is 2.60 bits per heavy atom. The SMILES string of the molecule is CC(=O)N1CCC(C(C)CCC(C)C2CC(F)CN2)C1. The lowest BCUT2D eigenvalue weighted by Gasteiger charge is -2.24. The van der Waals surface area contributed by atoms with E-state index in [-0.39, 0.29) is 5.91 Å². The summed E-state index contributed by atoms with van der Waals surface area (Å²) in [6, 6.07) is 0.356. The molecule has 0 aromatic carbocycles. The fourth-order valence-electron chi connectivity index (χ4n) is 3.66. The van der Waals surface area contributed by atoms with Crippen molar-refractivity contribution in [3.05, 3.63) is 0 Å². The van der Waals surface area contributed by atoms with Gasteiger partial charge in [-0.25, -0.2) is 4.39 Å². The Labute approximate surface area is 122 Å². The van der Waals surface area contributed by atoms with E-state index in [1.807, 2.05) is 4.90 Å². The van der Waals surface area contributed by atoms with Crippen molar-refractivity contribution >= 4 is 5.91 Å². The fourth-order valence-corrected chi connectivity index (χ4v) is 3.66. The Kier molecular flexibility index (Phi) is 5.42. The van der Waals surface area contributed by atoms with Gasteiger partial charge in [-0.1, -0.05) is 20.3 Å². The van der Waals surface area contributed by atoms with Gasteiger partial charge in [-0.3, -0.25) is 4.79 Å². The summed E-state index contributed by atoms with van der Waals surface area (Å²) in [5.74, 6) is 2.06. The van der Waals surface area contributed by atoms with Crippen LogP contribution >= 0.6 is 0 Å². The molecule has 20 heavy (non-hydrogen) atoms. The number of carbonyl (C=O) groups is 1. The number of amides is 1. The summed E-state index contributed by atoms with van der Waals surface area (Å²) < 4.78 is 13.2. The predicted octanol–water partition coefficient (Wildman–Crippen LogP) is 2.61. The lowest BCUT2D eigenvalue weighted by Crippen LogP contribution is -2.29. The van der Waals surface area contributed by atoms with Gasteiger partial charge < -0.3 is 10.2 Å². The number of halogens is 1. The topological polar surface area (TPSA) is 32.3 Å². The molecule has 1 amide bonds. The van der Waals surface area contributed by atoms with Crippen LogP contribution in [-0.2, 0) is 4.79 Å². The molecule has 5 atom stereocenters. The number of carbonyl (C=O) groups excluding carboxylic acids is 1. The fraction of sp³-hybridized carbons (Fsp3) is 0.938. The van der Waals surface area contributed by atoms with Crippen LogP contribution in [0.4, 0.5) is 4.39 Å². The summed E-state index contributed by atoms with van der Waals surface area (Å²) in [6.07, 6.45) is 3.51. The molecule has 3 nitrogen and oxygen atoms in total. The van der Waals surface area contributed by atoms with Crippen molar-refractivity contribution in [3.63, 3.8) is 0 Å². The molecule has 0 aromatic heterocycles. The zero-order chi connectivity index (χ0) is 14.7. The highest BCUT2D eigenvalue weighted by molar-refractivity contribution is 5.73. The van der Waals surface area contributed by atoms with E-state index in [2.05, 4.69) is 19.2 Å². The molecule has 0 spiro atoms. The van der Waals surface area contributed by atoms with Gasteiger partial charge in [0.15, 0.2) is 0 Å². The molecule has 2 aliphatic heterocycles. The van der Waals surface area contributed by atoms with Crippen LogP contribution in [0.5, 0.6) is 0 Å². The van der Waals surface area contributed by atoms with Crippen molar-refractivity contribution in [1.29, 1.82) is 0 Å². The van der Waals surface area contributed by atoms with E-state index in [1.165, 1.54) is 6.42 Å². The van der Waals surface area contributed by atoms with Crippen LogP contribution in [0.15, 0.2) is 0 Å². The Morgan fingerprint density at radius 1 is 1.35 bits per heavy atom. The van der Waals surface area contributed by atoms with Gasteiger partial charge in [0.05, 0.1) is 0 Å². The van der Waals surface area contributed by atoms with Gasteiger partial charge in [0.25, 0.3) is 0 Å². The smallest absolute Gasteiger partial charge is 0.219 e. The highest BCUT2D eigenvalue weighted by Gasteiger charge is 2.30. The average molecular weight is 284 g/mol. The second kappa shape index (κ2) is 6.88. The molecule has 2 aliphatic rings. The van der Waals surface area contributed by atoms with E-state index in [0.717, 1.165) is 25.9 Å². The lowest BCUT2D eigenvalue weighted by atomic mass is 9.85. The van der Waals surface area contributed by atoms with Gasteiger partial charge in [-0.15, -0.1) is 0 Å². The maximum absolute atomic E-state index is 13.2. The molecule has 0 radical (unpaired) electrons. The van der Waals surface area contributed by atoms with Gasteiger partial charge in [-0.2, -0.15) is 0 Å². The Hall–Kier alpha value is -0.640. The highest BCUT2D eigenvalue weighted by Crippen LogP contribution is 2.30. The van der Waals surface area contributed by atoms with Crippen molar-refractivity contribution in [2.45, 2.75) is 58.7 Å². The third kappa shape index (κ3) is 3.94. The van der Waals surface area contributed by atoms with Crippen LogP contribution in [0.25, 0.3) is 0 Å². The molecule has 1 N–H and O–H groups in total. The van der Waals surface area contributed by atoms with Crippen LogP contribution in [0.1, 0.15) is 46.5 Å². The van der Waals surface area contributed by atoms with E-state index in [9.17, 15) is 9.18 Å². The molecule has 0 bridgehead atoms. The number of hydrogen-bond donors (Lipinski definition) is 1. The minimum absolute atomic E-state index is 0.206. The largest absolute Gasteiger partial charge is 0.343 e. The zero-order valence-corrected chi connectivity index (χ0v) is 13.1. The van der Waals surface area contributed by atoms with E-state index < -0.39 is 6.17 Å². The molecule has 2 saturated heterocycles.